The van der Waals surface area contributed by atoms with Crippen molar-refractivity contribution >= 4 is 39.8 Å². The maximum atomic E-state index is 14.4. The van der Waals surface area contributed by atoms with Crippen LogP contribution >= 0.6 is 23.1 Å². The third kappa shape index (κ3) is 4.65. The van der Waals surface area contributed by atoms with Gasteiger partial charge in [-0.3, -0.25) is 14.3 Å². The Hall–Kier alpha value is -2.98. The third-order valence-electron chi connectivity index (χ3n) is 5.83. The molecule has 0 bridgehead atoms. The summed E-state index contributed by atoms with van der Waals surface area (Å²) in [5.41, 5.74) is 0.994. The molecule has 10 heteroatoms. The monoisotopic (exact) mass is 497 g/mol. The van der Waals surface area contributed by atoms with Crippen molar-refractivity contribution in [2.45, 2.75) is 56.0 Å². The largest absolute Gasteiger partial charge is 0.461 e. The number of rotatable bonds is 7. The standard InChI is InChI=1S/C24H24FN5O2S2/c1-16(31)29(20-11-6-5-10-19(20)25)23-26-17(14-33-23)15-34-24-28-27-22(21-12-7-13-32-21)30(24)18-8-3-2-4-9-18/h5-7,10-14,18H,2-4,8-9,15H2,1H3. The van der Waals surface area contributed by atoms with Crippen molar-refractivity contribution in [2.75, 3.05) is 4.90 Å². The van der Waals surface area contributed by atoms with Crippen LogP contribution in [-0.2, 0) is 10.5 Å². The number of amides is 1. The molecule has 4 aromatic rings. The first kappa shape index (κ1) is 22.8. The number of nitrogens with zero attached hydrogens (tertiary/aromatic N) is 5. The highest BCUT2D eigenvalue weighted by Crippen LogP contribution is 2.37. The zero-order valence-electron chi connectivity index (χ0n) is 18.7. The topological polar surface area (TPSA) is 77.1 Å². The molecule has 1 fully saturated rings. The number of carbonyl (C=O) groups excluding carboxylic acids is 1. The number of hydrogen-bond acceptors (Lipinski definition) is 7. The molecule has 3 aromatic heterocycles. The lowest BCUT2D eigenvalue weighted by molar-refractivity contribution is -0.115. The summed E-state index contributed by atoms with van der Waals surface area (Å²) in [6.45, 7) is 1.41. The number of para-hydroxylation sites is 1. The molecule has 176 valence electrons. The molecule has 0 aliphatic heterocycles. The number of benzene rings is 1. The van der Waals surface area contributed by atoms with Crippen LogP contribution in [0.1, 0.15) is 50.8 Å². The first-order valence-corrected chi connectivity index (χ1v) is 13.1. The fourth-order valence-electron chi connectivity index (χ4n) is 4.26. The highest BCUT2D eigenvalue weighted by atomic mass is 32.2. The summed E-state index contributed by atoms with van der Waals surface area (Å²) in [5.74, 6) is 1.26. The molecule has 0 atom stereocenters. The lowest BCUT2D eigenvalue weighted by atomic mass is 9.95. The average Bonchev–Trinajstić information content (AvgIpc) is 3.60. The van der Waals surface area contributed by atoms with Gasteiger partial charge in [-0.15, -0.1) is 21.5 Å². The minimum atomic E-state index is -0.463. The summed E-state index contributed by atoms with van der Waals surface area (Å²) in [4.78, 5) is 18.2. The van der Waals surface area contributed by atoms with E-state index in [4.69, 9.17) is 4.42 Å². The van der Waals surface area contributed by atoms with E-state index >= 15 is 0 Å². The van der Waals surface area contributed by atoms with Gasteiger partial charge in [-0.25, -0.2) is 9.37 Å². The van der Waals surface area contributed by atoms with E-state index in [-0.39, 0.29) is 11.6 Å². The summed E-state index contributed by atoms with van der Waals surface area (Å²) in [6.07, 6.45) is 7.48. The van der Waals surface area contributed by atoms with Crippen molar-refractivity contribution in [1.82, 2.24) is 19.7 Å². The number of anilines is 2. The van der Waals surface area contributed by atoms with E-state index < -0.39 is 5.82 Å². The Kier molecular flexibility index (Phi) is 6.77. The Balaban J connectivity index is 1.38. The van der Waals surface area contributed by atoms with Gasteiger partial charge in [-0.05, 0) is 37.1 Å². The van der Waals surface area contributed by atoms with E-state index in [1.165, 1.54) is 48.5 Å². The highest BCUT2D eigenvalue weighted by molar-refractivity contribution is 7.98. The first-order valence-electron chi connectivity index (χ1n) is 11.2. The normalized spacial score (nSPS) is 14.4. The molecule has 1 aromatic carbocycles. The van der Waals surface area contributed by atoms with Gasteiger partial charge in [0, 0.05) is 24.1 Å². The molecule has 0 saturated heterocycles. The van der Waals surface area contributed by atoms with Gasteiger partial charge in [0.1, 0.15) is 5.82 Å². The van der Waals surface area contributed by atoms with Crippen molar-refractivity contribution in [3.63, 3.8) is 0 Å². The second-order valence-corrected chi connectivity index (χ2v) is 9.94. The van der Waals surface area contributed by atoms with Gasteiger partial charge in [-0.2, -0.15) is 0 Å². The van der Waals surface area contributed by atoms with E-state index in [1.807, 2.05) is 17.5 Å². The lowest BCUT2D eigenvalue weighted by Crippen LogP contribution is -2.23. The molecule has 0 N–H and O–H groups in total. The van der Waals surface area contributed by atoms with Crippen molar-refractivity contribution in [1.29, 1.82) is 0 Å². The van der Waals surface area contributed by atoms with E-state index in [9.17, 15) is 9.18 Å². The summed E-state index contributed by atoms with van der Waals surface area (Å²) < 4.78 is 22.2. The third-order valence-corrected chi connectivity index (χ3v) is 7.69. The fourth-order valence-corrected chi connectivity index (χ4v) is 6.15. The molecular weight excluding hydrogens is 473 g/mol. The molecule has 7 nitrogen and oxygen atoms in total. The maximum Gasteiger partial charge on any atom is 0.230 e. The Labute approximate surface area is 205 Å². The second kappa shape index (κ2) is 10.1. The molecule has 5 rings (SSSR count). The Morgan fingerprint density at radius 3 is 2.76 bits per heavy atom. The zero-order valence-corrected chi connectivity index (χ0v) is 20.3. The summed E-state index contributed by atoms with van der Waals surface area (Å²) in [6, 6.07) is 10.3. The van der Waals surface area contributed by atoms with Crippen LogP contribution in [0.15, 0.2) is 57.6 Å². The Bertz CT molecular complexity index is 1260. The summed E-state index contributed by atoms with van der Waals surface area (Å²) >= 11 is 2.87. The molecule has 1 amide bonds. The zero-order chi connectivity index (χ0) is 23.5. The second-order valence-electron chi connectivity index (χ2n) is 8.16. The molecule has 1 aliphatic carbocycles. The van der Waals surface area contributed by atoms with E-state index in [1.54, 1.807) is 36.2 Å². The molecule has 0 spiro atoms. The van der Waals surface area contributed by atoms with Crippen molar-refractivity contribution in [2.24, 2.45) is 0 Å². The Morgan fingerprint density at radius 2 is 2.03 bits per heavy atom. The fraction of sp³-hybridized carbons (Fsp3) is 0.333. The number of furan rings is 1. The van der Waals surface area contributed by atoms with Crippen LogP contribution < -0.4 is 4.90 Å². The van der Waals surface area contributed by atoms with Crippen LogP contribution in [0.3, 0.4) is 0 Å². The summed E-state index contributed by atoms with van der Waals surface area (Å²) in [7, 11) is 0. The van der Waals surface area contributed by atoms with Crippen molar-refractivity contribution in [3.05, 3.63) is 59.6 Å². The van der Waals surface area contributed by atoms with Gasteiger partial charge in [0.15, 0.2) is 16.0 Å². The summed E-state index contributed by atoms with van der Waals surface area (Å²) in [5, 5.41) is 12.1. The molecule has 1 saturated carbocycles. The molecule has 3 heterocycles. The van der Waals surface area contributed by atoms with Gasteiger partial charge >= 0.3 is 0 Å². The van der Waals surface area contributed by atoms with E-state index in [0.717, 1.165) is 29.5 Å². The Morgan fingerprint density at radius 1 is 1.21 bits per heavy atom. The first-order chi connectivity index (χ1) is 16.6. The molecule has 1 aliphatic rings. The molecule has 0 radical (unpaired) electrons. The van der Waals surface area contributed by atoms with E-state index in [2.05, 4.69) is 19.7 Å². The van der Waals surface area contributed by atoms with Gasteiger partial charge in [-0.1, -0.05) is 43.2 Å². The molecule has 0 unspecified atom stereocenters. The van der Waals surface area contributed by atoms with Crippen LogP contribution in [0, 0.1) is 5.82 Å². The average molecular weight is 498 g/mol. The molecule has 34 heavy (non-hydrogen) atoms. The van der Waals surface area contributed by atoms with Crippen molar-refractivity contribution in [3.8, 4) is 11.6 Å². The number of hydrogen-bond donors (Lipinski definition) is 0. The number of halogens is 1. The van der Waals surface area contributed by atoms with Crippen LogP contribution in [0.4, 0.5) is 15.2 Å². The minimum absolute atomic E-state index is 0.198. The van der Waals surface area contributed by atoms with Gasteiger partial charge in [0.05, 0.1) is 17.6 Å². The van der Waals surface area contributed by atoms with Crippen LogP contribution in [0.25, 0.3) is 11.6 Å². The number of thioether (sulfide) groups is 1. The predicted octanol–water partition coefficient (Wildman–Crippen LogP) is 6.62. The quantitative estimate of drug-likeness (QED) is 0.267. The number of thiazole rings is 1. The van der Waals surface area contributed by atoms with Crippen LogP contribution in [-0.4, -0.2) is 25.7 Å². The van der Waals surface area contributed by atoms with E-state index in [0.29, 0.717) is 22.7 Å². The van der Waals surface area contributed by atoms with Crippen LogP contribution in [0.5, 0.6) is 0 Å². The smallest absolute Gasteiger partial charge is 0.230 e. The van der Waals surface area contributed by atoms with Gasteiger partial charge in [0.25, 0.3) is 0 Å². The SMILES string of the molecule is CC(=O)N(c1nc(CSc2nnc(-c3ccco3)n2C2CCCCC2)cs1)c1ccccc1F. The predicted molar refractivity (Wildman–Crippen MR) is 131 cm³/mol. The maximum absolute atomic E-state index is 14.4. The van der Waals surface area contributed by atoms with Crippen molar-refractivity contribution < 1.29 is 13.6 Å². The van der Waals surface area contributed by atoms with Crippen LogP contribution in [0.2, 0.25) is 0 Å². The minimum Gasteiger partial charge on any atom is -0.461 e. The lowest BCUT2D eigenvalue weighted by Gasteiger charge is -2.25. The number of aromatic nitrogens is 4. The number of carbonyl (C=O) groups is 1. The highest BCUT2D eigenvalue weighted by Gasteiger charge is 2.26. The van der Waals surface area contributed by atoms with Gasteiger partial charge < -0.3 is 4.42 Å². The molecular formula is C24H24FN5O2S2. The van der Waals surface area contributed by atoms with Gasteiger partial charge in [0.2, 0.25) is 11.7 Å².